The van der Waals surface area contributed by atoms with E-state index in [1.807, 2.05) is 12.1 Å². The quantitative estimate of drug-likeness (QED) is 0.794. The largest absolute Gasteiger partial charge is 0.496 e. The lowest BCUT2D eigenvalue weighted by atomic mass is 10.1. The van der Waals surface area contributed by atoms with E-state index in [0.29, 0.717) is 5.39 Å². The van der Waals surface area contributed by atoms with Crippen molar-refractivity contribution in [1.29, 1.82) is 0 Å². The van der Waals surface area contributed by atoms with E-state index in [2.05, 4.69) is 15.9 Å². The van der Waals surface area contributed by atoms with Gasteiger partial charge in [-0.3, -0.25) is 4.79 Å². The highest BCUT2D eigenvalue weighted by molar-refractivity contribution is 9.10. The molecule has 3 nitrogen and oxygen atoms in total. The molecule has 0 amide bonds. The molecule has 1 aromatic heterocycles. The van der Waals surface area contributed by atoms with Gasteiger partial charge in [-0.2, -0.15) is 0 Å². The fourth-order valence-corrected chi connectivity index (χ4v) is 2.00. The summed E-state index contributed by atoms with van der Waals surface area (Å²) in [5, 5.41) is 1.57. The summed E-state index contributed by atoms with van der Waals surface area (Å²) in [6.45, 7) is 0. The Labute approximate surface area is 95.4 Å². The predicted octanol–water partition coefficient (Wildman–Crippen LogP) is 2.31. The zero-order valence-corrected chi connectivity index (χ0v) is 10.0. The Hall–Kier alpha value is -1.29. The van der Waals surface area contributed by atoms with Crippen molar-refractivity contribution in [2.75, 3.05) is 7.11 Å². The Morgan fingerprint density at radius 3 is 2.80 bits per heavy atom. The van der Waals surface area contributed by atoms with E-state index in [0.717, 1.165) is 15.6 Å². The van der Waals surface area contributed by atoms with Gasteiger partial charge in [0.1, 0.15) is 5.75 Å². The average Bonchev–Trinajstić information content (AvgIpc) is 2.24. The first-order valence-corrected chi connectivity index (χ1v) is 5.25. The molecule has 0 atom stereocenters. The number of nitrogens with zero attached hydrogens (tertiary/aromatic N) is 1. The summed E-state index contributed by atoms with van der Waals surface area (Å²) in [6, 6.07) is 5.53. The molecule has 0 radical (unpaired) electrons. The number of hydrogen-bond donors (Lipinski definition) is 0. The van der Waals surface area contributed by atoms with Gasteiger partial charge in [-0.15, -0.1) is 0 Å². The molecule has 0 saturated carbocycles. The highest BCUT2D eigenvalue weighted by Crippen LogP contribution is 2.28. The van der Waals surface area contributed by atoms with Gasteiger partial charge >= 0.3 is 0 Å². The third kappa shape index (κ3) is 1.65. The summed E-state index contributed by atoms with van der Waals surface area (Å²) in [6.07, 6.45) is 1.75. The molecule has 0 N–H and O–H groups in total. The fourth-order valence-electron chi connectivity index (χ4n) is 1.50. The van der Waals surface area contributed by atoms with Gasteiger partial charge in [-0.25, -0.2) is 0 Å². The second-order valence-corrected chi connectivity index (χ2v) is 4.16. The zero-order chi connectivity index (χ0) is 11.0. The summed E-state index contributed by atoms with van der Waals surface area (Å²) in [5.41, 5.74) is -0.00384. The van der Waals surface area contributed by atoms with Gasteiger partial charge in [-0.05, 0) is 39.5 Å². The van der Waals surface area contributed by atoms with E-state index in [1.54, 1.807) is 31.0 Å². The van der Waals surface area contributed by atoms with E-state index >= 15 is 0 Å². The summed E-state index contributed by atoms with van der Waals surface area (Å²) >= 11 is 3.36. The van der Waals surface area contributed by atoms with Gasteiger partial charge < -0.3 is 9.30 Å². The lowest BCUT2D eigenvalue weighted by Crippen LogP contribution is -2.15. The van der Waals surface area contributed by atoms with Crippen LogP contribution in [-0.4, -0.2) is 11.7 Å². The highest BCUT2D eigenvalue weighted by Gasteiger charge is 2.06. The van der Waals surface area contributed by atoms with Gasteiger partial charge in [0.05, 0.1) is 11.6 Å². The summed E-state index contributed by atoms with van der Waals surface area (Å²) < 4.78 is 7.52. The smallest absolute Gasteiger partial charge is 0.258 e. The standard InChI is InChI=1S/C11H10BrNO2/c1-13-4-3-7-5-10(15-2)9(12)6-8(7)11(13)14/h3-6H,1-2H3. The molecule has 0 saturated heterocycles. The van der Waals surface area contributed by atoms with Crippen LogP contribution in [0.2, 0.25) is 0 Å². The van der Waals surface area contributed by atoms with Crippen molar-refractivity contribution in [1.82, 2.24) is 4.57 Å². The first-order valence-electron chi connectivity index (χ1n) is 4.46. The Bertz CT molecular complexity index is 575. The summed E-state index contributed by atoms with van der Waals surface area (Å²) in [4.78, 5) is 11.8. The van der Waals surface area contributed by atoms with Crippen molar-refractivity contribution in [2.24, 2.45) is 7.05 Å². The number of benzene rings is 1. The number of hydrogen-bond acceptors (Lipinski definition) is 2. The van der Waals surface area contributed by atoms with Crippen LogP contribution in [0.15, 0.2) is 33.7 Å². The van der Waals surface area contributed by atoms with Gasteiger partial charge in [0.25, 0.3) is 5.56 Å². The molecule has 2 rings (SSSR count). The van der Waals surface area contributed by atoms with Crippen molar-refractivity contribution in [3.05, 3.63) is 39.2 Å². The molecule has 0 aliphatic carbocycles. The second kappa shape index (κ2) is 3.70. The molecule has 78 valence electrons. The number of rotatable bonds is 1. The first kappa shape index (κ1) is 10.2. The molecule has 0 bridgehead atoms. The van der Waals surface area contributed by atoms with Gasteiger partial charge in [0.15, 0.2) is 0 Å². The van der Waals surface area contributed by atoms with Gasteiger partial charge in [-0.1, -0.05) is 0 Å². The van der Waals surface area contributed by atoms with Crippen molar-refractivity contribution in [2.45, 2.75) is 0 Å². The zero-order valence-electron chi connectivity index (χ0n) is 8.45. The van der Waals surface area contributed by atoms with Crippen LogP contribution in [0.4, 0.5) is 0 Å². The Morgan fingerprint density at radius 1 is 1.40 bits per heavy atom. The van der Waals surface area contributed by atoms with Crippen LogP contribution in [-0.2, 0) is 7.05 Å². The van der Waals surface area contributed by atoms with Crippen LogP contribution in [0.3, 0.4) is 0 Å². The number of ether oxygens (including phenoxy) is 1. The molecule has 1 aromatic carbocycles. The van der Waals surface area contributed by atoms with Gasteiger partial charge in [0.2, 0.25) is 0 Å². The Morgan fingerprint density at radius 2 is 2.13 bits per heavy atom. The molecule has 0 fully saturated rings. The summed E-state index contributed by atoms with van der Waals surface area (Å²) in [7, 11) is 3.34. The van der Waals surface area contributed by atoms with Crippen LogP contribution in [0, 0.1) is 0 Å². The molecule has 0 unspecified atom stereocenters. The lowest BCUT2D eigenvalue weighted by molar-refractivity contribution is 0.413. The molecule has 0 aliphatic rings. The summed E-state index contributed by atoms with van der Waals surface area (Å²) in [5.74, 6) is 0.732. The van der Waals surface area contributed by atoms with Crippen LogP contribution in [0.25, 0.3) is 10.8 Å². The molecule has 1 heterocycles. The number of methoxy groups -OCH3 is 1. The third-order valence-electron chi connectivity index (χ3n) is 2.35. The normalized spacial score (nSPS) is 10.6. The molecule has 0 aliphatic heterocycles. The lowest BCUT2D eigenvalue weighted by Gasteiger charge is -2.06. The highest BCUT2D eigenvalue weighted by atomic mass is 79.9. The maximum Gasteiger partial charge on any atom is 0.258 e. The predicted molar refractivity (Wildman–Crippen MR) is 63.4 cm³/mol. The fraction of sp³-hybridized carbons (Fsp3) is 0.182. The van der Waals surface area contributed by atoms with Crippen LogP contribution in [0.5, 0.6) is 5.75 Å². The van der Waals surface area contributed by atoms with Crippen molar-refractivity contribution < 1.29 is 4.74 Å². The molecule has 0 spiro atoms. The SMILES string of the molecule is COc1cc2ccn(C)c(=O)c2cc1Br. The molecular weight excluding hydrogens is 258 g/mol. The van der Waals surface area contributed by atoms with Crippen LogP contribution in [0.1, 0.15) is 0 Å². The van der Waals surface area contributed by atoms with Crippen LogP contribution < -0.4 is 10.3 Å². The van der Waals surface area contributed by atoms with E-state index in [9.17, 15) is 4.79 Å². The number of fused-ring (bicyclic) bond motifs is 1. The number of aryl methyl sites for hydroxylation is 1. The number of pyridine rings is 1. The van der Waals surface area contributed by atoms with E-state index < -0.39 is 0 Å². The van der Waals surface area contributed by atoms with E-state index in [-0.39, 0.29) is 5.56 Å². The third-order valence-corrected chi connectivity index (χ3v) is 2.97. The van der Waals surface area contributed by atoms with Crippen molar-refractivity contribution >= 4 is 26.7 Å². The maximum absolute atomic E-state index is 11.8. The number of aromatic nitrogens is 1. The molecule has 15 heavy (non-hydrogen) atoms. The molecule has 4 heteroatoms. The molecular formula is C11H10BrNO2. The van der Waals surface area contributed by atoms with Crippen molar-refractivity contribution in [3.8, 4) is 5.75 Å². The maximum atomic E-state index is 11.8. The van der Waals surface area contributed by atoms with Gasteiger partial charge in [0, 0.05) is 18.6 Å². The monoisotopic (exact) mass is 267 g/mol. The number of halogens is 1. The van der Waals surface area contributed by atoms with Crippen molar-refractivity contribution in [3.63, 3.8) is 0 Å². The minimum Gasteiger partial charge on any atom is -0.496 e. The Balaban J connectivity index is 2.88. The topological polar surface area (TPSA) is 31.2 Å². The minimum atomic E-state index is -0.00384. The van der Waals surface area contributed by atoms with E-state index in [1.165, 1.54) is 0 Å². The van der Waals surface area contributed by atoms with E-state index in [4.69, 9.17) is 4.74 Å². The molecule has 2 aromatic rings. The average molecular weight is 268 g/mol. The first-order chi connectivity index (χ1) is 7.13. The van der Waals surface area contributed by atoms with Crippen LogP contribution >= 0.6 is 15.9 Å². The minimum absolute atomic E-state index is 0.00384. The second-order valence-electron chi connectivity index (χ2n) is 3.31. The Kier molecular flexibility index (Phi) is 2.52.